The van der Waals surface area contributed by atoms with Gasteiger partial charge in [0, 0.05) is 18.7 Å². The van der Waals surface area contributed by atoms with Crippen LogP contribution in [0.5, 0.6) is 0 Å². The van der Waals surface area contributed by atoms with E-state index in [4.69, 9.17) is 10.2 Å². The van der Waals surface area contributed by atoms with Crippen molar-refractivity contribution >= 4 is 22.5 Å². The predicted molar refractivity (Wildman–Crippen MR) is 74.0 cm³/mol. The summed E-state index contributed by atoms with van der Waals surface area (Å²) in [6, 6.07) is 3.98. The Morgan fingerprint density at radius 1 is 1.44 bits per heavy atom. The van der Waals surface area contributed by atoms with Gasteiger partial charge in [0.25, 0.3) is 0 Å². The molecule has 1 aromatic carbocycles. The molecular formula is C13H19N3O2. The molecule has 0 aliphatic heterocycles. The lowest BCUT2D eigenvalue weighted by Crippen LogP contribution is -2.32. The SMILES string of the molecule is CCC(C)N(CC)c1cc2[nH]c(=O)oc2cc1N. The van der Waals surface area contributed by atoms with Gasteiger partial charge in [0.1, 0.15) is 0 Å². The zero-order valence-corrected chi connectivity index (χ0v) is 11.0. The summed E-state index contributed by atoms with van der Waals surface area (Å²) in [6.45, 7) is 7.26. The third-order valence-electron chi connectivity index (χ3n) is 3.34. The van der Waals surface area contributed by atoms with Crippen LogP contribution in [0.15, 0.2) is 21.3 Å². The first kappa shape index (κ1) is 12.5. The molecule has 1 heterocycles. The van der Waals surface area contributed by atoms with Gasteiger partial charge in [0.05, 0.1) is 16.9 Å². The molecule has 0 saturated heterocycles. The Kier molecular flexibility index (Phi) is 3.32. The van der Waals surface area contributed by atoms with E-state index in [2.05, 4.69) is 30.7 Å². The van der Waals surface area contributed by atoms with Crippen molar-refractivity contribution in [3.63, 3.8) is 0 Å². The molecule has 0 spiro atoms. The highest BCUT2D eigenvalue weighted by atomic mass is 16.4. The van der Waals surface area contributed by atoms with Crippen LogP contribution in [0.2, 0.25) is 0 Å². The molecule has 0 bridgehead atoms. The molecule has 1 atom stereocenters. The molecule has 1 aromatic heterocycles. The Labute approximate surface area is 106 Å². The summed E-state index contributed by atoms with van der Waals surface area (Å²) >= 11 is 0. The maximum Gasteiger partial charge on any atom is 0.417 e. The summed E-state index contributed by atoms with van der Waals surface area (Å²) in [6.07, 6.45) is 1.03. The van der Waals surface area contributed by atoms with Gasteiger partial charge in [-0.1, -0.05) is 6.92 Å². The molecule has 0 saturated carbocycles. The molecule has 98 valence electrons. The average Bonchev–Trinajstić information content (AvgIpc) is 2.69. The third-order valence-corrected chi connectivity index (χ3v) is 3.34. The Hall–Kier alpha value is -1.91. The summed E-state index contributed by atoms with van der Waals surface area (Å²) in [7, 11) is 0. The minimum atomic E-state index is -0.451. The number of nitrogen functional groups attached to an aromatic ring is 1. The fourth-order valence-corrected chi connectivity index (χ4v) is 2.19. The van der Waals surface area contributed by atoms with Gasteiger partial charge < -0.3 is 15.1 Å². The van der Waals surface area contributed by atoms with Gasteiger partial charge >= 0.3 is 5.76 Å². The van der Waals surface area contributed by atoms with Crippen LogP contribution in [-0.2, 0) is 0 Å². The van der Waals surface area contributed by atoms with E-state index in [0.717, 1.165) is 18.7 Å². The molecule has 0 aliphatic rings. The molecule has 0 fully saturated rings. The van der Waals surface area contributed by atoms with Crippen LogP contribution in [0.1, 0.15) is 27.2 Å². The van der Waals surface area contributed by atoms with Crippen LogP contribution in [0.25, 0.3) is 11.1 Å². The zero-order valence-electron chi connectivity index (χ0n) is 11.0. The minimum absolute atomic E-state index is 0.397. The standard InChI is InChI=1S/C13H19N3O2/c1-4-8(3)16(5-2)11-7-10-12(6-9(11)14)18-13(17)15-10/h6-8H,4-5,14H2,1-3H3,(H,15,17). The molecule has 0 aliphatic carbocycles. The highest BCUT2D eigenvalue weighted by molar-refractivity contribution is 5.85. The lowest BCUT2D eigenvalue weighted by Gasteiger charge is -2.30. The van der Waals surface area contributed by atoms with Crippen LogP contribution >= 0.6 is 0 Å². The van der Waals surface area contributed by atoms with Gasteiger partial charge in [-0.05, 0) is 26.3 Å². The maximum absolute atomic E-state index is 11.2. The lowest BCUT2D eigenvalue weighted by atomic mass is 10.1. The van der Waals surface area contributed by atoms with Crippen molar-refractivity contribution in [3.8, 4) is 0 Å². The second-order valence-electron chi connectivity index (χ2n) is 4.46. The van der Waals surface area contributed by atoms with Crippen LogP contribution in [0.4, 0.5) is 11.4 Å². The number of nitrogens with two attached hydrogens (primary N) is 1. The van der Waals surface area contributed by atoms with Crippen molar-refractivity contribution in [2.24, 2.45) is 0 Å². The van der Waals surface area contributed by atoms with E-state index in [1.807, 2.05) is 6.07 Å². The first-order valence-corrected chi connectivity index (χ1v) is 6.25. The molecule has 3 N–H and O–H groups in total. The summed E-state index contributed by atoms with van der Waals surface area (Å²) in [5.41, 5.74) is 8.81. The molecule has 0 radical (unpaired) electrons. The molecule has 18 heavy (non-hydrogen) atoms. The quantitative estimate of drug-likeness (QED) is 0.815. The average molecular weight is 249 g/mol. The second-order valence-corrected chi connectivity index (χ2v) is 4.46. The number of hydrogen-bond acceptors (Lipinski definition) is 4. The number of H-pyrrole nitrogens is 1. The van der Waals surface area contributed by atoms with Crippen molar-refractivity contribution in [2.75, 3.05) is 17.2 Å². The summed E-state index contributed by atoms with van der Waals surface area (Å²) < 4.78 is 4.99. The van der Waals surface area contributed by atoms with Gasteiger partial charge in [-0.15, -0.1) is 0 Å². The summed E-state index contributed by atoms with van der Waals surface area (Å²) in [5.74, 6) is -0.451. The van der Waals surface area contributed by atoms with Gasteiger partial charge in [-0.3, -0.25) is 4.98 Å². The topological polar surface area (TPSA) is 75.3 Å². The molecule has 2 aromatic rings. The highest BCUT2D eigenvalue weighted by Gasteiger charge is 2.15. The predicted octanol–water partition coefficient (Wildman–Crippen LogP) is 2.33. The molecule has 2 rings (SSSR count). The number of aromatic nitrogens is 1. The van der Waals surface area contributed by atoms with E-state index in [1.54, 1.807) is 6.07 Å². The number of hydrogen-bond donors (Lipinski definition) is 2. The van der Waals surface area contributed by atoms with Gasteiger partial charge in [-0.2, -0.15) is 0 Å². The number of benzene rings is 1. The largest absolute Gasteiger partial charge is 0.417 e. The second kappa shape index (κ2) is 4.76. The number of oxazole rings is 1. The number of nitrogens with one attached hydrogen (secondary N) is 1. The van der Waals surface area contributed by atoms with E-state index >= 15 is 0 Å². The van der Waals surface area contributed by atoms with Crippen LogP contribution in [0.3, 0.4) is 0 Å². The fraction of sp³-hybridized carbons (Fsp3) is 0.462. The van der Waals surface area contributed by atoms with Crippen molar-refractivity contribution in [2.45, 2.75) is 33.2 Å². The monoisotopic (exact) mass is 249 g/mol. The number of anilines is 2. The van der Waals surface area contributed by atoms with Crippen molar-refractivity contribution in [1.29, 1.82) is 0 Å². The highest BCUT2D eigenvalue weighted by Crippen LogP contribution is 2.29. The number of fused-ring (bicyclic) bond motifs is 1. The van der Waals surface area contributed by atoms with Crippen molar-refractivity contribution in [3.05, 3.63) is 22.7 Å². The van der Waals surface area contributed by atoms with Crippen molar-refractivity contribution < 1.29 is 4.42 Å². The van der Waals surface area contributed by atoms with E-state index in [1.165, 1.54) is 0 Å². The molecule has 0 amide bonds. The molecule has 5 heteroatoms. The Morgan fingerprint density at radius 2 is 2.17 bits per heavy atom. The van der Waals surface area contributed by atoms with Gasteiger partial charge in [0.15, 0.2) is 5.58 Å². The van der Waals surface area contributed by atoms with Crippen molar-refractivity contribution in [1.82, 2.24) is 4.98 Å². The van der Waals surface area contributed by atoms with Crippen LogP contribution in [0, 0.1) is 0 Å². The van der Waals surface area contributed by atoms with E-state index in [-0.39, 0.29) is 0 Å². The maximum atomic E-state index is 11.2. The normalized spacial score (nSPS) is 12.8. The molecule has 5 nitrogen and oxygen atoms in total. The Morgan fingerprint density at radius 3 is 2.78 bits per heavy atom. The molecular weight excluding hydrogens is 230 g/mol. The third kappa shape index (κ3) is 2.08. The molecule has 1 unspecified atom stereocenters. The number of nitrogens with zero attached hydrogens (tertiary/aromatic N) is 1. The number of aromatic amines is 1. The zero-order chi connectivity index (χ0) is 13.3. The van der Waals surface area contributed by atoms with Gasteiger partial charge in [-0.25, -0.2) is 4.79 Å². The smallest absolute Gasteiger partial charge is 0.408 e. The fourth-order valence-electron chi connectivity index (χ4n) is 2.19. The first-order chi connectivity index (χ1) is 8.56. The van der Waals surface area contributed by atoms with E-state index in [9.17, 15) is 4.79 Å². The van der Waals surface area contributed by atoms with Crippen LogP contribution in [-0.4, -0.2) is 17.6 Å². The minimum Gasteiger partial charge on any atom is -0.408 e. The Bertz CT molecular complexity index is 600. The van der Waals surface area contributed by atoms with E-state index < -0.39 is 5.76 Å². The number of rotatable bonds is 4. The van der Waals surface area contributed by atoms with E-state index in [0.29, 0.717) is 22.8 Å². The van der Waals surface area contributed by atoms with Gasteiger partial charge in [0.2, 0.25) is 0 Å². The summed E-state index contributed by atoms with van der Waals surface area (Å²) in [5, 5.41) is 0. The first-order valence-electron chi connectivity index (χ1n) is 6.25. The Balaban J connectivity index is 2.54. The lowest BCUT2D eigenvalue weighted by molar-refractivity contribution is 0.555. The van der Waals surface area contributed by atoms with Crippen LogP contribution < -0.4 is 16.4 Å². The summed E-state index contributed by atoms with van der Waals surface area (Å²) in [4.78, 5) is 16.0.